The Morgan fingerprint density at radius 1 is 1.44 bits per heavy atom. The molecule has 16 heavy (non-hydrogen) atoms. The van der Waals surface area contributed by atoms with Gasteiger partial charge in [-0.25, -0.2) is 4.79 Å². The molecule has 1 aromatic rings. The fourth-order valence-corrected chi connectivity index (χ4v) is 1.67. The molecule has 0 heterocycles. The lowest BCUT2D eigenvalue weighted by molar-refractivity contribution is -0.157. The predicted octanol–water partition coefficient (Wildman–Crippen LogP) is 1.58. The fraction of sp³-hybridized carbons (Fsp3) is 0.273. The molecular weight excluding hydrogens is 274 g/mol. The lowest BCUT2D eigenvalue weighted by Gasteiger charge is -2.15. The highest BCUT2D eigenvalue weighted by molar-refractivity contribution is 9.10. The molecule has 0 N–H and O–H groups in total. The Kier molecular flexibility index (Phi) is 4.49. The summed E-state index contributed by atoms with van der Waals surface area (Å²) >= 11 is 3.34. The lowest BCUT2D eigenvalue weighted by Crippen LogP contribution is -2.33. The van der Waals surface area contributed by atoms with Crippen molar-refractivity contribution in [3.8, 4) is 0 Å². The molecule has 0 aliphatic rings. The van der Waals surface area contributed by atoms with E-state index >= 15 is 0 Å². The van der Waals surface area contributed by atoms with E-state index in [1.165, 1.54) is 12.0 Å². The Morgan fingerprint density at radius 3 is 2.69 bits per heavy atom. The van der Waals surface area contributed by atoms with Gasteiger partial charge in [0.1, 0.15) is 0 Å². The van der Waals surface area contributed by atoms with E-state index in [4.69, 9.17) is 0 Å². The second kappa shape index (κ2) is 5.65. The number of halogens is 1. The summed E-state index contributed by atoms with van der Waals surface area (Å²) in [6.07, 6.45) is 0. The molecule has 5 heteroatoms. The molecule has 1 rings (SSSR count). The van der Waals surface area contributed by atoms with Crippen molar-refractivity contribution in [1.29, 1.82) is 0 Å². The van der Waals surface area contributed by atoms with E-state index in [2.05, 4.69) is 20.7 Å². The topological polar surface area (TPSA) is 46.6 Å². The van der Waals surface area contributed by atoms with E-state index in [-0.39, 0.29) is 0 Å². The van der Waals surface area contributed by atoms with Gasteiger partial charge in [-0.2, -0.15) is 0 Å². The van der Waals surface area contributed by atoms with Crippen LogP contribution in [0, 0.1) is 0 Å². The molecule has 4 nitrogen and oxygen atoms in total. The van der Waals surface area contributed by atoms with Crippen molar-refractivity contribution >= 4 is 27.8 Å². The summed E-state index contributed by atoms with van der Waals surface area (Å²) in [5.41, 5.74) is 0.939. The van der Waals surface area contributed by atoms with E-state index in [9.17, 15) is 9.59 Å². The minimum atomic E-state index is -0.850. The maximum absolute atomic E-state index is 11.4. The molecule has 0 bridgehead atoms. The summed E-state index contributed by atoms with van der Waals surface area (Å²) in [5.74, 6) is -1.50. The molecule has 0 aliphatic carbocycles. The number of methoxy groups -OCH3 is 1. The maximum atomic E-state index is 11.4. The van der Waals surface area contributed by atoms with E-state index in [0.717, 1.165) is 10.0 Å². The van der Waals surface area contributed by atoms with Gasteiger partial charge in [0, 0.05) is 18.1 Å². The first-order valence-corrected chi connectivity index (χ1v) is 5.41. The molecule has 0 saturated carbocycles. The van der Waals surface area contributed by atoms with Crippen LogP contribution in [-0.4, -0.2) is 30.9 Å². The zero-order valence-corrected chi connectivity index (χ0v) is 10.7. The van der Waals surface area contributed by atoms with Crippen LogP contribution in [0.4, 0.5) is 0 Å². The van der Waals surface area contributed by atoms with Gasteiger partial charge < -0.3 is 9.64 Å². The summed E-state index contributed by atoms with van der Waals surface area (Å²) in [5, 5.41) is 0. The van der Waals surface area contributed by atoms with Crippen molar-refractivity contribution in [3.63, 3.8) is 0 Å². The van der Waals surface area contributed by atoms with E-state index in [1.54, 1.807) is 7.05 Å². The molecule has 1 aromatic carbocycles. The number of esters is 1. The summed E-state index contributed by atoms with van der Waals surface area (Å²) in [6.45, 7) is 0.368. The third-order valence-corrected chi connectivity index (χ3v) is 2.51. The molecule has 0 spiro atoms. The number of rotatable bonds is 2. The van der Waals surface area contributed by atoms with Crippen molar-refractivity contribution in [3.05, 3.63) is 34.3 Å². The first-order valence-electron chi connectivity index (χ1n) is 4.62. The van der Waals surface area contributed by atoms with Crippen LogP contribution in [0.25, 0.3) is 0 Å². The highest BCUT2D eigenvalue weighted by atomic mass is 79.9. The Morgan fingerprint density at radius 2 is 2.12 bits per heavy atom. The minimum Gasteiger partial charge on any atom is -0.462 e. The first-order chi connectivity index (χ1) is 7.54. The van der Waals surface area contributed by atoms with Gasteiger partial charge in [0.25, 0.3) is 0 Å². The van der Waals surface area contributed by atoms with Crippen molar-refractivity contribution in [2.24, 2.45) is 0 Å². The van der Waals surface area contributed by atoms with Crippen LogP contribution in [-0.2, 0) is 20.9 Å². The molecule has 0 aromatic heterocycles. The monoisotopic (exact) mass is 285 g/mol. The van der Waals surface area contributed by atoms with Crippen molar-refractivity contribution in [2.45, 2.75) is 6.54 Å². The molecule has 0 unspecified atom stereocenters. The average Bonchev–Trinajstić information content (AvgIpc) is 2.27. The number of benzene rings is 1. The third kappa shape index (κ3) is 3.34. The highest BCUT2D eigenvalue weighted by Gasteiger charge is 2.18. The number of hydrogen-bond donors (Lipinski definition) is 0. The standard InChI is InChI=1S/C11H12BrNO3/c1-13(10(14)11(15)16-2)7-8-4-3-5-9(12)6-8/h3-6H,7H2,1-2H3. The summed E-state index contributed by atoms with van der Waals surface area (Å²) < 4.78 is 5.29. The summed E-state index contributed by atoms with van der Waals surface area (Å²) in [4.78, 5) is 23.7. The Hall–Kier alpha value is -1.36. The van der Waals surface area contributed by atoms with Crippen LogP contribution >= 0.6 is 15.9 Å². The number of nitrogens with zero attached hydrogens (tertiary/aromatic N) is 1. The Bertz CT molecular complexity index is 406. The molecule has 0 fully saturated rings. The number of ether oxygens (including phenoxy) is 1. The van der Waals surface area contributed by atoms with E-state index < -0.39 is 11.9 Å². The molecular formula is C11H12BrNO3. The van der Waals surface area contributed by atoms with Crippen LogP contribution in [0.1, 0.15) is 5.56 Å². The smallest absolute Gasteiger partial charge is 0.396 e. The first kappa shape index (κ1) is 12.7. The SMILES string of the molecule is COC(=O)C(=O)N(C)Cc1cccc(Br)c1. The van der Waals surface area contributed by atoms with E-state index in [0.29, 0.717) is 6.54 Å². The van der Waals surface area contributed by atoms with Crippen LogP contribution in [0.5, 0.6) is 0 Å². The van der Waals surface area contributed by atoms with Crippen LogP contribution in [0.2, 0.25) is 0 Å². The van der Waals surface area contributed by atoms with Gasteiger partial charge in [0.15, 0.2) is 0 Å². The molecule has 0 saturated heterocycles. The second-order valence-electron chi connectivity index (χ2n) is 3.28. The van der Waals surface area contributed by atoms with E-state index in [1.807, 2.05) is 24.3 Å². The molecule has 0 atom stereocenters. The number of hydrogen-bond acceptors (Lipinski definition) is 3. The number of likely N-dealkylation sites (N-methyl/N-ethyl adjacent to an activating group) is 1. The van der Waals surface area contributed by atoms with Crippen LogP contribution in [0.3, 0.4) is 0 Å². The quantitative estimate of drug-likeness (QED) is 0.612. The van der Waals surface area contributed by atoms with Gasteiger partial charge in [-0.15, -0.1) is 0 Å². The van der Waals surface area contributed by atoms with Crippen LogP contribution in [0.15, 0.2) is 28.7 Å². The number of carbonyl (C=O) groups excluding carboxylic acids is 2. The Labute approximate surface area is 102 Å². The zero-order valence-electron chi connectivity index (χ0n) is 9.07. The predicted molar refractivity (Wildman–Crippen MR) is 62.6 cm³/mol. The van der Waals surface area contributed by atoms with Gasteiger partial charge in [-0.3, -0.25) is 4.79 Å². The highest BCUT2D eigenvalue weighted by Crippen LogP contribution is 2.13. The van der Waals surface area contributed by atoms with Gasteiger partial charge in [-0.05, 0) is 17.7 Å². The average molecular weight is 286 g/mol. The summed E-state index contributed by atoms with van der Waals surface area (Å²) in [7, 11) is 2.74. The molecule has 0 aliphatic heterocycles. The van der Waals surface area contributed by atoms with Crippen molar-refractivity contribution < 1.29 is 14.3 Å². The second-order valence-corrected chi connectivity index (χ2v) is 4.20. The normalized spacial score (nSPS) is 9.69. The van der Waals surface area contributed by atoms with Crippen molar-refractivity contribution in [1.82, 2.24) is 4.90 Å². The molecule has 0 radical (unpaired) electrons. The van der Waals surface area contributed by atoms with Crippen molar-refractivity contribution in [2.75, 3.05) is 14.2 Å². The summed E-state index contributed by atoms with van der Waals surface area (Å²) in [6, 6.07) is 7.54. The fourth-order valence-electron chi connectivity index (χ4n) is 1.22. The number of amides is 1. The van der Waals surface area contributed by atoms with Gasteiger partial charge >= 0.3 is 11.9 Å². The maximum Gasteiger partial charge on any atom is 0.396 e. The van der Waals surface area contributed by atoms with Gasteiger partial charge in [-0.1, -0.05) is 28.1 Å². The molecule has 1 amide bonds. The van der Waals surface area contributed by atoms with Crippen LogP contribution < -0.4 is 0 Å². The minimum absolute atomic E-state index is 0.368. The Balaban J connectivity index is 2.67. The van der Waals surface area contributed by atoms with Gasteiger partial charge in [0.05, 0.1) is 7.11 Å². The largest absolute Gasteiger partial charge is 0.462 e. The molecule has 86 valence electrons. The number of carbonyl (C=O) groups is 2. The third-order valence-electron chi connectivity index (χ3n) is 2.02. The van der Waals surface area contributed by atoms with Gasteiger partial charge in [0.2, 0.25) is 0 Å². The lowest BCUT2D eigenvalue weighted by atomic mass is 10.2. The zero-order chi connectivity index (χ0) is 12.1.